The van der Waals surface area contributed by atoms with E-state index in [9.17, 15) is 0 Å². The molecule has 1 unspecified atom stereocenters. The molecule has 0 amide bonds. The number of rotatable bonds is 7. The molecule has 6 heteroatoms. The number of ether oxygens (including phenoxy) is 1. The Hall–Kier alpha value is -1.40. The Morgan fingerprint density at radius 2 is 2.26 bits per heavy atom. The molecule has 0 spiro atoms. The topological polar surface area (TPSA) is 59.1 Å². The number of nitrogens with zero attached hydrogens (tertiary/aromatic N) is 2. The van der Waals surface area contributed by atoms with Crippen LogP contribution in [0.3, 0.4) is 0 Å². The SMILES string of the molecule is CCCNc1nc(NC(C)COC)c2ccsc2n1. The summed E-state index contributed by atoms with van der Waals surface area (Å²) in [6.45, 7) is 5.72. The minimum absolute atomic E-state index is 0.210. The first-order valence-electron chi connectivity index (χ1n) is 6.49. The van der Waals surface area contributed by atoms with Gasteiger partial charge < -0.3 is 15.4 Å². The highest BCUT2D eigenvalue weighted by Gasteiger charge is 2.11. The Morgan fingerprint density at radius 3 is 3.00 bits per heavy atom. The number of fused-ring (bicyclic) bond motifs is 1. The zero-order chi connectivity index (χ0) is 13.7. The molecule has 0 aliphatic rings. The van der Waals surface area contributed by atoms with Crippen LogP contribution in [0.2, 0.25) is 0 Å². The molecule has 0 saturated carbocycles. The van der Waals surface area contributed by atoms with Crippen molar-refractivity contribution < 1.29 is 4.74 Å². The van der Waals surface area contributed by atoms with Gasteiger partial charge in [-0.1, -0.05) is 6.92 Å². The molecule has 0 aromatic carbocycles. The summed E-state index contributed by atoms with van der Waals surface area (Å²) < 4.78 is 5.15. The van der Waals surface area contributed by atoms with Crippen molar-refractivity contribution >= 4 is 33.3 Å². The van der Waals surface area contributed by atoms with E-state index in [2.05, 4.69) is 34.4 Å². The Balaban J connectivity index is 2.25. The van der Waals surface area contributed by atoms with Gasteiger partial charge in [0.25, 0.3) is 0 Å². The number of thiophene rings is 1. The highest BCUT2D eigenvalue weighted by Crippen LogP contribution is 2.26. The van der Waals surface area contributed by atoms with Gasteiger partial charge in [-0.2, -0.15) is 4.98 Å². The molecule has 1 atom stereocenters. The largest absolute Gasteiger partial charge is 0.383 e. The van der Waals surface area contributed by atoms with Crippen LogP contribution in [0.1, 0.15) is 20.3 Å². The monoisotopic (exact) mass is 280 g/mol. The average molecular weight is 280 g/mol. The van der Waals surface area contributed by atoms with Crippen molar-refractivity contribution in [2.45, 2.75) is 26.3 Å². The van der Waals surface area contributed by atoms with E-state index in [0.29, 0.717) is 12.6 Å². The molecule has 104 valence electrons. The summed E-state index contributed by atoms with van der Waals surface area (Å²) in [5.41, 5.74) is 0. The molecule has 2 N–H and O–H groups in total. The minimum atomic E-state index is 0.210. The van der Waals surface area contributed by atoms with Gasteiger partial charge in [-0.15, -0.1) is 11.3 Å². The lowest BCUT2D eigenvalue weighted by molar-refractivity contribution is 0.190. The third-order valence-electron chi connectivity index (χ3n) is 2.66. The molecule has 2 rings (SSSR count). The van der Waals surface area contributed by atoms with Crippen molar-refractivity contribution in [3.05, 3.63) is 11.4 Å². The second-order valence-corrected chi connectivity index (χ2v) is 5.36. The van der Waals surface area contributed by atoms with Crippen molar-refractivity contribution in [1.82, 2.24) is 9.97 Å². The Morgan fingerprint density at radius 1 is 1.42 bits per heavy atom. The van der Waals surface area contributed by atoms with Crippen LogP contribution in [-0.4, -0.2) is 36.3 Å². The van der Waals surface area contributed by atoms with Gasteiger partial charge in [0.05, 0.1) is 12.0 Å². The molecule has 0 bridgehead atoms. The lowest BCUT2D eigenvalue weighted by atomic mass is 10.3. The van der Waals surface area contributed by atoms with Gasteiger partial charge in [0.1, 0.15) is 10.6 Å². The summed E-state index contributed by atoms with van der Waals surface area (Å²) in [5.74, 6) is 1.55. The molecule has 2 aromatic heterocycles. The van der Waals surface area contributed by atoms with Crippen molar-refractivity contribution in [2.75, 3.05) is 30.9 Å². The maximum Gasteiger partial charge on any atom is 0.226 e. The molecule has 2 aromatic rings. The summed E-state index contributed by atoms with van der Waals surface area (Å²) in [5, 5.41) is 9.72. The average Bonchev–Trinajstić information content (AvgIpc) is 2.85. The highest BCUT2D eigenvalue weighted by molar-refractivity contribution is 7.16. The number of hydrogen-bond acceptors (Lipinski definition) is 6. The standard InChI is InChI=1S/C13H20N4OS/c1-4-6-14-13-16-11(15-9(2)8-18-3)10-5-7-19-12(10)17-13/h5,7,9H,4,6,8H2,1-3H3,(H2,14,15,16,17). The molecule has 2 heterocycles. The van der Waals surface area contributed by atoms with Crippen LogP contribution in [0.25, 0.3) is 10.2 Å². The van der Waals surface area contributed by atoms with Crippen LogP contribution in [0.5, 0.6) is 0 Å². The predicted molar refractivity (Wildman–Crippen MR) is 81.2 cm³/mol. The summed E-state index contributed by atoms with van der Waals surface area (Å²) in [6.07, 6.45) is 1.05. The minimum Gasteiger partial charge on any atom is -0.383 e. The third-order valence-corrected chi connectivity index (χ3v) is 3.46. The predicted octanol–water partition coefficient (Wildman–Crippen LogP) is 2.96. The molecule has 0 radical (unpaired) electrons. The normalized spacial score (nSPS) is 12.6. The van der Waals surface area contributed by atoms with Gasteiger partial charge >= 0.3 is 0 Å². The van der Waals surface area contributed by atoms with Crippen LogP contribution >= 0.6 is 11.3 Å². The Bertz CT molecular complexity index is 528. The van der Waals surface area contributed by atoms with E-state index in [4.69, 9.17) is 4.74 Å². The fourth-order valence-electron chi connectivity index (χ4n) is 1.81. The summed E-state index contributed by atoms with van der Waals surface area (Å²) >= 11 is 1.63. The first-order chi connectivity index (χ1) is 9.24. The van der Waals surface area contributed by atoms with Gasteiger partial charge in [-0.25, -0.2) is 4.98 Å². The van der Waals surface area contributed by atoms with Crippen LogP contribution < -0.4 is 10.6 Å². The molecule has 0 saturated heterocycles. The van der Waals surface area contributed by atoms with E-state index in [1.807, 2.05) is 11.4 Å². The first kappa shape index (κ1) is 14.0. The molecule has 0 aliphatic carbocycles. The zero-order valence-electron chi connectivity index (χ0n) is 11.6. The molecular weight excluding hydrogens is 260 g/mol. The van der Waals surface area contributed by atoms with E-state index in [1.54, 1.807) is 18.4 Å². The smallest absolute Gasteiger partial charge is 0.226 e. The van der Waals surface area contributed by atoms with Crippen molar-refractivity contribution in [3.63, 3.8) is 0 Å². The lowest BCUT2D eigenvalue weighted by Crippen LogP contribution is -2.22. The molecule has 5 nitrogen and oxygen atoms in total. The number of methoxy groups -OCH3 is 1. The van der Waals surface area contributed by atoms with Gasteiger partial charge in [0.2, 0.25) is 5.95 Å². The van der Waals surface area contributed by atoms with Gasteiger partial charge in [-0.05, 0) is 24.8 Å². The van der Waals surface area contributed by atoms with Crippen molar-refractivity contribution in [1.29, 1.82) is 0 Å². The summed E-state index contributed by atoms with van der Waals surface area (Å²) in [6, 6.07) is 2.26. The summed E-state index contributed by atoms with van der Waals surface area (Å²) in [7, 11) is 1.70. The number of anilines is 2. The van der Waals surface area contributed by atoms with Crippen molar-refractivity contribution in [3.8, 4) is 0 Å². The molecule has 0 aliphatic heterocycles. The van der Waals surface area contributed by atoms with Crippen LogP contribution in [0, 0.1) is 0 Å². The van der Waals surface area contributed by atoms with E-state index in [0.717, 1.165) is 29.0 Å². The zero-order valence-corrected chi connectivity index (χ0v) is 12.4. The van der Waals surface area contributed by atoms with E-state index in [1.165, 1.54) is 0 Å². The quantitative estimate of drug-likeness (QED) is 0.816. The molecule has 19 heavy (non-hydrogen) atoms. The van der Waals surface area contributed by atoms with Crippen molar-refractivity contribution in [2.24, 2.45) is 0 Å². The number of aromatic nitrogens is 2. The maximum atomic E-state index is 5.15. The maximum absolute atomic E-state index is 5.15. The third kappa shape index (κ3) is 3.54. The second kappa shape index (κ2) is 6.68. The number of nitrogens with one attached hydrogen (secondary N) is 2. The van der Waals surface area contributed by atoms with Gasteiger partial charge in [-0.3, -0.25) is 0 Å². The van der Waals surface area contributed by atoms with Crippen LogP contribution in [0.15, 0.2) is 11.4 Å². The molecular formula is C13H20N4OS. The fraction of sp³-hybridized carbons (Fsp3) is 0.538. The highest BCUT2D eigenvalue weighted by atomic mass is 32.1. The fourth-order valence-corrected chi connectivity index (χ4v) is 2.57. The van der Waals surface area contributed by atoms with E-state index >= 15 is 0 Å². The van der Waals surface area contributed by atoms with Crippen LogP contribution in [0.4, 0.5) is 11.8 Å². The van der Waals surface area contributed by atoms with Gasteiger partial charge in [0, 0.05) is 19.7 Å². The first-order valence-corrected chi connectivity index (χ1v) is 7.37. The second-order valence-electron chi connectivity index (χ2n) is 4.46. The van der Waals surface area contributed by atoms with E-state index < -0.39 is 0 Å². The van der Waals surface area contributed by atoms with Crippen LogP contribution in [-0.2, 0) is 4.74 Å². The number of hydrogen-bond donors (Lipinski definition) is 2. The van der Waals surface area contributed by atoms with E-state index in [-0.39, 0.29) is 6.04 Å². The Labute approximate surface area is 117 Å². The van der Waals surface area contributed by atoms with Gasteiger partial charge in [0.15, 0.2) is 0 Å². The molecule has 0 fully saturated rings. The summed E-state index contributed by atoms with van der Waals surface area (Å²) in [4.78, 5) is 10.1. The Kier molecular flexibility index (Phi) is 4.93. The lowest BCUT2D eigenvalue weighted by Gasteiger charge is -2.15.